The second kappa shape index (κ2) is 13.2. The number of aromatic amines is 2. The first-order chi connectivity index (χ1) is 22.1. The third kappa shape index (κ3) is 6.20. The van der Waals surface area contributed by atoms with Gasteiger partial charge in [0.05, 0.1) is 39.5 Å². The van der Waals surface area contributed by atoms with Crippen molar-refractivity contribution in [2.24, 2.45) is 5.92 Å². The molecule has 2 aromatic carbocycles. The zero-order valence-electron chi connectivity index (χ0n) is 24.5. The molecule has 0 unspecified atom stereocenters. The van der Waals surface area contributed by atoms with E-state index in [4.69, 9.17) is 21.4 Å². The summed E-state index contributed by atoms with van der Waals surface area (Å²) < 4.78 is 33.2. The van der Waals surface area contributed by atoms with Crippen LogP contribution in [0.5, 0.6) is 5.75 Å². The van der Waals surface area contributed by atoms with E-state index in [1.165, 1.54) is 17.2 Å². The average molecular weight is 657 g/mol. The van der Waals surface area contributed by atoms with Crippen LogP contribution in [-0.4, -0.2) is 98.8 Å². The molecule has 0 bridgehead atoms. The molecule has 0 radical (unpaired) electrons. The summed E-state index contributed by atoms with van der Waals surface area (Å²) in [5.74, 6) is -3.21. The molecule has 6 rings (SSSR count). The number of β-amino-alcohol motifs (C(OH)–C–C–N with tert-alkyl or cyclic N) is 1. The molecule has 15 heteroatoms. The smallest absolute Gasteiger partial charge is 0.261 e. The molecule has 0 spiro atoms. The largest absolute Gasteiger partial charge is 0.485 e. The molecule has 2 amide bonds. The second-order valence-corrected chi connectivity index (χ2v) is 11.8. The average Bonchev–Trinajstić information content (AvgIpc) is 3.55. The maximum absolute atomic E-state index is 14.1. The minimum atomic E-state index is -1.24. The number of aliphatic hydroxyl groups is 2. The Kier molecular flexibility index (Phi) is 9.04. The van der Waals surface area contributed by atoms with Crippen LogP contribution in [0.3, 0.4) is 0 Å². The van der Waals surface area contributed by atoms with Gasteiger partial charge in [-0.3, -0.25) is 19.3 Å². The molecule has 2 aliphatic heterocycles. The van der Waals surface area contributed by atoms with Gasteiger partial charge in [-0.15, -0.1) is 0 Å². The molecule has 2 aliphatic rings. The van der Waals surface area contributed by atoms with E-state index in [9.17, 15) is 28.3 Å². The Balaban J connectivity index is 1.16. The van der Waals surface area contributed by atoms with Crippen molar-refractivity contribution in [2.45, 2.75) is 18.9 Å². The highest BCUT2D eigenvalue weighted by Crippen LogP contribution is 2.32. The Labute approximate surface area is 265 Å². The van der Waals surface area contributed by atoms with Gasteiger partial charge in [-0.1, -0.05) is 11.6 Å². The van der Waals surface area contributed by atoms with Gasteiger partial charge >= 0.3 is 0 Å². The van der Waals surface area contributed by atoms with Crippen molar-refractivity contribution in [3.05, 3.63) is 74.7 Å². The first kappa shape index (κ1) is 31.6. The number of anilines is 1. The number of halogens is 3. The van der Waals surface area contributed by atoms with Crippen molar-refractivity contribution in [3.63, 3.8) is 0 Å². The van der Waals surface area contributed by atoms with Crippen LogP contribution >= 0.6 is 11.6 Å². The van der Waals surface area contributed by atoms with Crippen LogP contribution in [0, 0.1) is 17.6 Å². The normalized spacial score (nSPS) is 16.3. The minimum absolute atomic E-state index is 0.0963. The summed E-state index contributed by atoms with van der Waals surface area (Å²) in [7, 11) is 0. The summed E-state index contributed by atoms with van der Waals surface area (Å²) in [6, 6.07) is 6.64. The number of carbonyl (C=O) groups is 2. The first-order valence-electron chi connectivity index (χ1n) is 14.8. The standard InChI is InChI=1S/C31H31ClF2N6O6/c32-20-1-2-21(33)27(26(20)34)46-15-17(42)13-36-22-3-6-35-29(43)25(22)28-37-23-11-18-19(12-24(23)38-28)31(45)40(30(18)44)14-16-4-7-39(8-5-16)9-10-41/h1-3,6,11-12,16-17,41-42H,4-5,7-10,13-15H2,(H,37,38)(H2,35,36,43)/t17-/m1/s1. The van der Waals surface area contributed by atoms with Gasteiger partial charge in [0.1, 0.15) is 24.1 Å². The summed E-state index contributed by atoms with van der Waals surface area (Å²) >= 11 is 5.68. The number of pyridine rings is 1. The van der Waals surface area contributed by atoms with E-state index in [-0.39, 0.29) is 58.2 Å². The number of hydrogen-bond acceptors (Lipinski definition) is 9. The number of rotatable bonds is 11. The van der Waals surface area contributed by atoms with Crippen LogP contribution in [-0.2, 0) is 0 Å². The van der Waals surface area contributed by atoms with Gasteiger partial charge in [-0.2, -0.15) is 0 Å². The lowest BCUT2D eigenvalue weighted by atomic mass is 9.96. The Morgan fingerprint density at radius 1 is 1.11 bits per heavy atom. The number of H-pyrrole nitrogens is 2. The van der Waals surface area contributed by atoms with Crippen molar-refractivity contribution in [1.29, 1.82) is 0 Å². The predicted molar refractivity (Wildman–Crippen MR) is 165 cm³/mol. The van der Waals surface area contributed by atoms with Gasteiger partial charge < -0.3 is 35.1 Å². The van der Waals surface area contributed by atoms with Crippen molar-refractivity contribution >= 4 is 40.1 Å². The lowest BCUT2D eigenvalue weighted by Crippen LogP contribution is -2.41. The predicted octanol–water partition coefficient (Wildman–Crippen LogP) is 3.00. The number of nitrogens with zero attached hydrogens (tertiary/aromatic N) is 3. The number of fused-ring (bicyclic) bond motifs is 2. The SMILES string of the molecule is O=C1c2cc3nc(-c4c(NC[C@@H](O)COc5c(F)ccc(Cl)c5F)cc[nH]c4=O)[nH]c3cc2C(=O)N1CC1CCN(CCO)CC1. The number of aromatic nitrogens is 3. The van der Waals surface area contributed by atoms with E-state index in [1.54, 1.807) is 12.1 Å². The third-order valence-corrected chi connectivity index (χ3v) is 8.58. The monoisotopic (exact) mass is 656 g/mol. The maximum Gasteiger partial charge on any atom is 0.261 e. The van der Waals surface area contributed by atoms with Crippen LogP contribution in [0.2, 0.25) is 5.02 Å². The number of likely N-dealkylation sites (tertiary alicyclic amines) is 1. The molecule has 1 atom stereocenters. The van der Waals surface area contributed by atoms with E-state index in [1.807, 2.05) is 0 Å². The summed E-state index contributed by atoms with van der Waals surface area (Å²) in [5, 5.41) is 22.2. The van der Waals surface area contributed by atoms with Crippen LogP contribution in [0.1, 0.15) is 33.6 Å². The number of aliphatic hydroxyl groups excluding tert-OH is 2. The molecule has 5 N–H and O–H groups in total. The zero-order valence-corrected chi connectivity index (χ0v) is 25.2. The maximum atomic E-state index is 14.1. The van der Waals surface area contributed by atoms with Crippen molar-refractivity contribution < 1.29 is 33.3 Å². The Morgan fingerprint density at radius 2 is 1.85 bits per heavy atom. The van der Waals surface area contributed by atoms with Gasteiger partial charge in [0.25, 0.3) is 17.4 Å². The van der Waals surface area contributed by atoms with Gasteiger partial charge in [0.2, 0.25) is 0 Å². The molecule has 2 aromatic heterocycles. The van der Waals surface area contributed by atoms with Gasteiger partial charge in [0.15, 0.2) is 17.4 Å². The van der Waals surface area contributed by atoms with Crippen molar-refractivity contribution in [3.8, 4) is 17.1 Å². The summed E-state index contributed by atoms with van der Waals surface area (Å²) in [6.07, 6.45) is 1.80. The van der Waals surface area contributed by atoms with Crippen LogP contribution < -0.4 is 15.6 Å². The van der Waals surface area contributed by atoms with E-state index in [2.05, 4.69) is 25.2 Å². The number of nitrogens with one attached hydrogen (secondary N) is 3. The molecule has 1 fully saturated rings. The lowest BCUT2D eigenvalue weighted by Gasteiger charge is -2.32. The molecule has 0 saturated carbocycles. The minimum Gasteiger partial charge on any atom is -0.485 e. The number of hydrogen-bond donors (Lipinski definition) is 5. The van der Waals surface area contributed by atoms with E-state index in [0.717, 1.165) is 38.1 Å². The fourth-order valence-electron chi connectivity index (χ4n) is 5.84. The molecule has 242 valence electrons. The number of imide groups is 1. The Hall–Kier alpha value is -4.37. The molecule has 0 aliphatic carbocycles. The van der Waals surface area contributed by atoms with Crippen molar-refractivity contribution in [1.82, 2.24) is 24.8 Å². The highest BCUT2D eigenvalue weighted by Gasteiger charge is 2.38. The molecule has 1 saturated heterocycles. The highest BCUT2D eigenvalue weighted by molar-refractivity contribution is 6.30. The van der Waals surface area contributed by atoms with Gasteiger partial charge in [-0.25, -0.2) is 13.8 Å². The van der Waals surface area contributed by atoms with Crippen LogP contribution in [0.15, 0.2) is 41.3 Å². The van der Waals surface area contributed by atoms with E-state index >= 15 is 0 Å². The molecule has 4 heterocycles. The van der Waals surface area contributed by atoms with Gasteiger partial charge in [-0.05, 0) is 62.2 Å². The zero-order chi connectivity index (χ0) is 32.5. The molecular formula is C31H31ClF2N6O6. The fraction of sp³-hybridized carbons (Fsp3) is 0.355. The number of benzene rings is 2. The molecule has 46 heavy (non-hydrogen) atoms. The van der Waals surface area contributed by atoms with Crippen molar-refractivity contribution in [2.75, 3.05) is 51.3 Å². The Morgan fingerprint density at radius 3 is 2.59 bits per heavy atom. The van der Waals surface area contributed by atoms with E-state index < -0.39 is 41.6 Å². The van der Waals surface area contributed by atoms with Crippen LogP contribution in [0.25, 0.3) is 22.4 Å². The molecular weight excluding hydrogens is 626 g/mol. The second-order valence-electron chi connectivity index (χ2n) is 11.3. The number of carbonyl (C=O) groups excluding carboxylic acids is 2. The number of imidazole rings is 1. The Bertz CT molecular complexity index is 1800. The quantitative estimate of drug-likeness (QED) is 0.121. The number of ether oxygens (including phenoxy) is 1. The molecule has 12 nitrogen and oxygen atoms in total. The summed E-state index contributed by atoms with van der Waals surface area (Å²) in [5.41, 5.74) is 1.20. The summed E-state index contributed by atoms with van der Waals surface area (Å²) in [6.45, 7) is 2.00. The first-order valence-corrected chi connectivity index (χ1v) is 15.2. The third-order valence-electron chi connectivity index (χ3n) is 8.28. The van der Waals surface area contributed by atoms with Gasteiger partial charge in [0, 0.05) is 25.8 Å². The molecule has 4 aromatic rings. The van der Waals surface area contributed by atoms with Crippen LogP contribution in [0.4, 0.5) is 14.5 Å². The number of amides is 2. The highest BCUT2D eigenvalue weighted by atomic mass is 35.5. The lowest BCUT2D eigenvalue weighted by molar-refractivity contribution is 0.0593. The fourth-order valence-corrected chi connectivity index (χ4v) is 5.99. The van der Waals surface area contributed by atoms with E-state index in [0.29, 0.717) is 24.1 Å². The topological polar surface area (TPSA) is 164 Å². The number of piperidine rings is 1. The summed E-state index contributed by atoms with van der Waals surface area (Å²) in [4.78, 5) is 53.1.